The van der Waals surface area contributed by atoms with E-state index in [0.717, 1.165) is 48.3 Å². The van der Waals surface area contributed by atoms with Gasteiger partial charge in [0, 0.05) is 36.8 Å². The van der Waals surface area contributed by atoms with Crippen LogP contribution in [0.2, 0.25) is 0 Å². The fourth-order valence-electron chi connectivity index (χ4n) is 4.42. The van der Waals surface area contributed by atoms with Crippen molar-refractivity contribution < 1.29 is 14.2 Å². The molecule has 5 heteroatoms. The first-order chi connectivity index (χ1) is 13.8. The van der Waals surface area contributed by atoms with Gasteiger partial charge in [-0.1, -0.05) is 25.3 Å². The Morgan fingerprint density at radius 3 is 2.75 bits per heavy atom. The molecule has 0 bridgehead atoms. The minimum atomic E-state index is 0.613. The fourth-order valence-corrected chi connectivity index (χ4v) is 4.42. The molecule has 0 N–H and O–H groups in total. The van der Waals surface area contributed by atoms with E-state index in [1.165, 1.54) is 37.7 Å². The van der Waals surface area contributed by atoms with Gasteiger partial charge in [-0.05, 0) is 37.0 Å². The molecule has 2 heterocycles. The molecule has 4 rings (SSSR count). The van der Waals surface area contributed by atoms with Crippen molar-refractivity contribution in [1.82, 2.24) is 9.88 Å². The molecule has 1 aliphatic carbocycles. The Labute approximate surface area is 167 Å². The normalized spacial score (nSPS) is 18.1. The van der Waals surface area contributed by atoms with Gasteiger partial charge in [0.15, 0.2) is 11.5 Å². The number of aromatic nitrogens is 1. The molecule has 5 nitrogen and oxygen atoms in total. The second-order valence-electron chi connectivity index (χ2n) is 7.82. The summed E-state index contributed by atoms with van der Waals surface area (Å²) in [5, 5.41) is 0. The molecule has 0 spiro atoms. The Hall–Kier alpha value is -2.27. The van der Waals surface area contributed by atoms with Crippen LogP contribution in [0.1, 0.15) is 37.7 Å². The van der Waals surface area contributed by atoms with E-state index in [2.05, 4.69) is 16.0 Å². The maximum Gasteiger partial charge on any atom is 0.213 e. The van der Waals surface area contributed by atoms with Gasteiger partial charge in [-0.15, -0.1) is 0 Å². The summed E-state index contributed by atoms with van der Waals surface area (Å²) in [6, 6.07) is 10.0. The van der Waals surface area contributed by atoms with Crippen molar-refractivity contribution in [2.24, 2.45) is 5.92 Å². The zero-order valence-electron chi connectivity index (χ0n) is 16.9. The van der Waals surface area contributed by atoms with E-state index in [4.69, 9.17) is 14.2 Å². The topological polar surface area (TPSA) is 43.8 Å². The summed E-state index contributed by atoms with van der Waals surface area (Å²) in [5.74, 6) is 3.08. The zero-order valence-corrected chi connectivity index (χ0v) is 16.9. The molecule has 0 saturated heterocycles. The van der Waals surface area contributed by atoms with Crippen LogP contribution in [0.25, 0.3) is 11.3 Å². The molecular weight excluding hydrogens is 352 g/mol. The molecule has 0 amide bonds. The van der Waals surface area contributed by atoms with Crippen LogP contribution in [0.15, 0.2) is 30.3 Å². The van der Waals surface area contributed by atoms with E-state index in [1.807, 2.05) is 24.3 Å². The maximum atomic E-state index is 6.11. The molecule has 1 aromatic heterocycles. The third kappa shape index (κ3) is 4.25. The zero-order chi connectivity index (χ0) is 19.3. The van der Waals surface area contributed by atoms with Gasteiger partial charge in [0.25, 0.3) is 0 Å². The van der Waals surface area contributed by atoms with Gasteiger partial charge < -0.3 is 14.2 Å². The lowest BCUT2D eigenvalue weighted by atomic mass is 9.89. The summed E-state index contributed by atoms with van der Waals surface area (Å²) < 4.78 is 17.1. The quantitative estimate of drug-likeness (QED) is 0.760. The molecular formula is C23H30N2O3. The number of hydrogen-bond donors (Lipinski definition) is 0. The maximum absolute atomic E-state index is 6.11. The first kappa shape index (κ1) is 19.1. The molecule has 0 radical (unpaired) electrons. The van der Waals surface area contributed by atoms with Gasteiger partial charge in [-0.2, -0.15) is 0 Å². The number of benzene rings is 1. The number of ether oxygens (including phenoxy) is 3. The van der Waals surface area contributed by atoms with Crippen LogP contribution in [0.3, 0.4) is 0 Å². The molecule has 28 heavy (non-hydrogen) atoms. The first-order valence-electron chi connectivity index (χ1n) is 10.3. The van der Waals surface area contributed by atoms with Crippen molar-refractivity contribution in [3.8, 4) is 28.6 Å². The minimum Gasteiger partial charge on any atom is -0.493 e. The van der Waals surface area contributed by atoms with Crippen LogP contribution in [-0.2, 0) is 6.54 Å². The standard InChI is InChI=1S/C23H30N2O3/c1-26-21-14-18(20-9-6-10-22(24-20)27-2)13-19-16-25(11-12-28-23(19)21)15-17-7-4-3-5-8-17/h6,9-10,13-14,17H,3-5,7-8,11-12,15-16H2,1-2H3. The van der Waals surface area contributed by atoms with Crippen molar-refractivity contribution >= 4 is 0 Å². The second kappa shape index (κ2) is 8.82. The third-order valence-electron chi connectivity index (χ3n) is 5.87. The van der Waals surface area contributed by atoms with Gasteiger partial charge >= 0.3 is 0 Å². The molecule has 1 fully saturated rings. The Morgan fingerprint density at radius 2 is 1.96 bits per heavy atom. The first-order valence-corrected chi connectivity index (χ1v) is 10.3. The Bertz CT molecular complexity index is 802. The van der Waals surface area contributed by atoms with Crippen LogP contribution >= 0.6 is 0 Å². The molecule has 2 aromatic rings. The van der Waals surface area contributed by atoms with E-state index >= 15 is 0 Å². The lowest BCUT2D eigenvalue weighted by Crippen LogP contribution is -2.32. The molecule has 1 aromatic carbocycles. The number of fused-ring (bicyclic) bond motifs is 1. The summed E-state index contributed by atoms with van der Waals surface area (Å²) in [6.07, 6.45) is 6.88. The third-order valence-corrected chi connectivity index (χ3v) is 5.87. The van der Waals surface area contributed by atoms with Gasteiger partial charge in [-0.3, -0.25) is 4.90 Å². The van der Waals surface area contributed by atoms with Crippen LogP contribution in [0.4, 0.5) is 0 Å². The van der Waals surface area contributed by atoms with Crippen molar-refractivity contribution in [3.05, 3.63) is 35.9 Å². The highest BCUT2D eigenvalue weighted by Crippen LogP contribution is 2.38. The van der Waals surface area contributed by atoms with Gasteiger partial charge in [0.05, 0.1) is 19.9 Å². The molecule has 0 unspecified atom stereocenters. The number of nitrogens with zero attached hydrogens (tertiary/aromatic N) is 2. The number of hydrogen-bond acceptors (Lipinski definition) is 5. The fraction of sp³-hybridized carbons (Fsp3) is 0.522. The van der Waals surface area contributed by atoms with Gasteiger partial charge in [0.1, 0.15) is 6.61 Å². The predicted molar refractivity (Wildman–Crippen MR) is 110 cm³/mol. The van der Waals surface area contributed by atoms with Crippen LogP contribution in [-0.4, -0.2) is 43.8 Å². The average molecular weight is 383 g/mol. The highest BCUT2D eigenvalue weighted by molar-refractivity contribution is 5.67. The van der Waals surface area contributed by atoms with E-state index in [1.54, 1.807) is 14.2 Å². The summed E-state index contributed by atoms with van der Waals surface area (Å²) in [7, 11) is 3.34. The number of pyridine rings is 1. The van der Waals surface area contributed by atoms with E-state index in [0.29, 0.717) is 12.5 Å². The number of methoxy groups -OCH3 is 2. The van der Waals surface area contributed by atoms with Crippen molar-refractivity contribution in [2.75, 3.05) is 33.9 Å². The predicted octanol–water partition coefficient (Wildman–Crippen LogP) is 4.54. The van der Waals surface area contributed by atoms with Crippen molar-refractivity contribution in [1.29, 1.82) is 0 Å². The second-order valence-corrected chi connectivity index (χ2v) is 7.82. The molecule has 1 aliphatic heterocycles. The summed E-state index contributed by atoms with van der Waals surface area (Å²) in [6.45, 7) is 3.71. The van der Waals surface area contributed by atoms with Gasteiger partial charge in [0.2, 0.25) is 5.88 Å². The highest BCUT2D eigenvalue weighted by atomic mass is 16.5. The summed E-state index contributed by atoms with van der Waals surface area (Å²) in [4.78, 5) is 7.14. The number of rotatable bonds is 5. The summed E-state index contributed by atoms with van der Waals surface area (Å²) in [5.41, 5.74) is 3.08. The van der Waals surface area contributed by atoms with Crippen LogP contribution < -0.4 is 14.2 Å². The van der Waals surface area contributed by atoms with Crippen molar-refractivity contribution in [3.63, 3.8) is 0 Å². The lowest BCUT2D eigenvalue weighted by Gasteiger charge is -2.28. The van der Waals surface area contributed by atoms with Gasteiger partial charge in [-0.25, -0.2) is 4.98 Å². The molecule has 2 aliphatic rings. The SMILES string of the molecule is COc1cccc(-c2cc3c(c(OC)c2)OCCN(CC2CCCCC2)C3)n1. The average Bonchev–Trinajstić information content (AvgIpc) is 2.95. The monoisotopic (exact) mass is 382 g/mol. The van der Waals surface area contributed by atoms with E-state index < -0.39 is 0 Å². The molecule has 1 saturated carbocycles. The Morgan fingerprint density at radius 1 is 1.11 bits per heavy atom. The van der Waals surface area contributed by atoms with Crippen LogP contribution in [0, 0.1) is 5.92 Å². The lowest BCUT2D eigenvalue weighted by molar-refractivity contribution is 0.177. The molecule has 150 valence electrons. The smallest absolute Gasteiger partial charge is 0.213 e. The Balaban J connectivity index is 1.62. The van der Waals surface area contributed by atoms with Crippen LogP contribution in [0.5, 0.6) is 17.4 Å². The molecule has 0 atom stereocenters. The van der Waals surface area contributed by atoms with E-state index in [-0.39, 0.29) is 0 Å². The largest absolute Gasteiger partial charge is 0.493 e. The summed E-state index contributed by atoms with van der Waals surface area (Å²) >= 11 is 0. The van der Waals surface area contributed by atoms with Crippen molar-refractivity contribution in [2.45, 2.75) is 38.6 Å². The Kier molecular flexibility index (Phi) is 6.01. The van der Waals surface area contributed by atoms with E-state index in [9.17, 15) is 0 Å². The highest BCUT2D eigenvalue weighted by Gasteiger charge is 2.23. The minimum absolute atomic E-state index is 0.613.